The Labute approximate surface area is 71.6 Å². The second-order valence-corrected chi connectivity index (χ2v) is 2.96. The van der Waals surface area contributed by atoms with Gasteiger partial charge in [-0.1, -0.05) is 5.01 Å². The van der Waals surface area contributed by atoms with Gasteiger partial charge in [0.25, 0.3) is 0 Å². The quantitative estimate of drug-likeness (QED) is 0.491. The zero-order chi connectivity index (χ0) is 8.43. The van der Waals surface area contributed by atoms with Crippen LogP contribution in [0.1, 0.15) is 6.92 Å². The van der Waals surface area contributed by atoms with Crippen molar-refractivity contribution in [3.05, 3.63) is 20.8 Å². The third-order valence-electron chi connectivity index (χ3n) is 1.24. The van der Waals surface area contributed by atoms with E-state index in [9.17, 15) is 10.1 Å². The van der Waals surface area contributed by atoms with Gasteiger partial charge in [-0.2, -0.15) is 0 Å². The van der Waals surface area contributed by atoms with Gasteiger partial charge >= 0.3 is 0 Å². The van der Waals surface area contributed by atoms with Crippen LogP contribution in [0.2, 0.25) is 0 Å². The van der Waals surface area contributed by atoms with Crippen LogP contribution in [0, 0.1) is 10.1 Å². The topological polar surface area (TPSA) is 58.7 Å². The van der Waals surface area contributed by atoms with Crippen molar-refractivity contribution in [1.82, 2.24) is 5.01 Å². The van der Waals surface area contributed by atoms with Crippen molar-refractivity contribution in [3.8, 4) is 0 Å². The smallest absolute Gasteiger partial charge is 0.181 e. The summed E-state index contributed by atoms with van der Waals surface area (Å²) < 4.78 is 0.604. The average Bonchev–Trinajstić information content (AvgIpc) is 1.94. The predicted molar refractivity (Wildman–Crippen MR) is 43.8 cm³/mol. The molecular formula is C5H6BrN3O2. The van der Waals surface area contributed by atoms with Crippen molar-refractivity contribution >= 4 is 22.1 Å². The fourth-order valence-electron chi connectivity index (χ4n) is 0.699. The molecule has 0 saturated carbocycles. The van der Waals surface area contributed by atoms with Crippen molar-refractivity contribution in [2.24, 2.45) is 4.99 Å². The highest BCUT2D eigenvalue weighted by molar-refractivity contribution is 9.12. The Bertz CT molecular complexity index is 238. The van der Waals surface area contributed by atoms with Gasteiger partial charge in [0.05, 0.1) is 10.7 Å². The Kier molecular flexibility index (Phi) is 2.23. The minimum absolute atomic E-state index is 0.425. The molecule has 0 aromatic carbocycles. The number of hydrogen-bond acceptors (Lipinski definition) is 3. The minimum Gasteiger partial charge on any atom is -0.261 e. The van der Waals surface area contributed by atoms with Crippen molar-refractivity contribution in [2.75, 3.05) is 0 Å². The Morgan fingerprint density at radius 1 is 1.91 bits per heavy atom. The predicted octanol–water partition coefficient (Wildman–Crippen LogP) is 1.15. The zero-order valence-corrected chi connectivity index (χ0v) is 7.35. The Morgan fingerprint density at radius 2 is 2.55 bits per heavy atom. The van der Waals surface area contributed by atoms with Gasteiger partial charge in [-0.25, -0.2) is 10.1 Å². The number of aliphatic imine (C=N–C) groups is 1. The molecule has 6 heteroatoms. The molecule has 11 heavy (non-hydrogen) atoms. The largest absolute Gasteiger partial charge is 0.261 e. The van der Waals surface area contributed by atoms with Crippen LogP contribution in [0.15, 0.2) is 15.7 Å². The molecule has 0 unspecified atom stereocenters. The summed E-state index contributed by atoms with van der Waals surface area (Å²) in [7, 11) is 0. The van der Waals surface area contributed by atoms with Crippen LogP contribution in [0.3, 0.4) is 0 Å². The second kappa shape index (κ2) is 3.00. The van der Waals surface area contributed by atoms with E-state index >= 15 is 0 Å². The molecule has 5 nitrogen and oxygen atoms in total. The highest BCUT2D eigenvalue weighted by atomic mass is 79.9. The summed E-state index contributed by atoms with van der Waals surface area (Å²) in [6, 6.07) is 0. The van der Waals surface area contributed by atoms with E-state index in [4.69, 9.17) is 0 Å². The van der Waals surface area contributed by atoms with Gasteiger partial charge in [-0.15, -0.1) is 0 Å². The van der Waals surface area contributed by atoms with E-state index in [0.717, 1.165) is 5.01 Å². The first kappa shape index (κ1) is 8.19. The maximum Gasteiger partial charge on any atom is 0.181 e. The first-order valence-corrected chi connectivity index (χ1v) is 3.73. The maximum absolute atomic E-state index is 10.3. The van der Waals surface area contributed by atoms with Crippen LogP contribution < -0.4 is 0 Å². The van der Waals surface area contributed by atoms with E-state index in [1.54, 1.807) is 13.1 Å². The van der Waals surface area contributed by atoms with Gasteiger partial charge in [-0.05, 0) is 22.9 Å². The van der Waals surface area contributed by atoms with E-state index in [-0.39, 0.29) is 0 Å². The molecular weight excluding hydrogens is 214 g/mol. The molecule has 0 aromatic heterocycles. The molecule has 1 heterocycles. The highest BCUT2D eigenvalue weighted by Gasteiger charge is 2.21. The van der Waals surface area contributed by atoms with Crippen molar-refractivity contribution in [2.45, 2.75) is 13.1 Å². The molecule has 1 rings (SSSR count). The summed E-state index contributed by atoms with van der Waals surface area (Å²) in [6.45, 7) is 1.65. The molecule has 0 aliphatic carbocycles. The molecule has 0 spiro atoms. The lowest BCUT2D eigenvalue weighted by Crippen LogP contribution is -2.34. The summed E-state index contributed by atoms with van der Waals surface area (Å²) >= 11 is 3.09. The number of allylic oxidation sites excluding steroid dienone is 1. The minimum atomic E-state index is -0.498. The van der Waals surface area contributed by atoms with Gasteiger partial charge in [0, 0.05) is 6.21 Å². The Hall–Kier alpha value is -0.910. The molecule has 0 bridgehead atoms. The van der Waals surface area contributed by atoms with Crippen LogP contribution in [-0.4, -0.2) is 22.4 Å². The number of hydrazine groups is 1. The van der Waals surface area contributed by atoms with Gasteiger partial charge in [-0.3, -0.25) is 4.99 Å². The molecule has 1 aliphatic rings. The first-order chi connectivity index (χ1) is 5.11. The lowest BCUT2D eigenvalue weighted by Gasteiger charge is -2.16. The molecule has 60 valence electrons. The number of halogens is 1. The number of hydrogen-bond donors (Lipinski definition) is 0. The molecule has 1 aliphatic heterocycles. The summed E-state index contributed by atoms with van der Waals surface area (Å²) in [5, 5.41) is 10.7. The van der Waals surface area contributed by atoms with E-state index in [1.165, 1.54) is 6.20 Å². The van der Waals surface area contributed by atoms with Crippen molar-refractivity contribution in [1.29, 1.82) is 0 Å². The second-order valence-electron chi connectivity index (χ2n) is 2.04. The summed E-state index contributed by atoms with van der Waals surface area (Å²) in [6.07, 6.45) is 2.51. The molecule has 0 aromatic rings. The normalized spacial score (nSPS) is 23.3. The molecule has 1 atom stereocenters. The molecule has 0 saturated heterocycles. The van der Waals surface area contributed by atoms with Crippen LogP contribution in [0.5, 0.6) is 0 Å². The number of rotatable bonds is 1. The number of nitrogens with zero attached hydrogens (tertiary/aromatic N) is 3. The van der Waals surface area contributed by atoms with E-state index < -0.39 is 11.2 Å². The van der Waals surface area contributed by atoms with Crippen LogP contribution in [0.25, 0.3) is 0 Å². The fourth-order valence-corrected chi connectivity index (χ4v) is 1.03. The molecule has 0 radical (unpaired) electrons. The van der Waals surface area contributed by atoms with Crippen LogP contribution in [0.4, 0.5) is 0 Å². The van der Waals surface area contributed by atoms with Gasteiger partial charge in [0.2, 0.25) is 0 Å². The van der Waals surface area contributed by atoms with Crippen LogP contribution >= 0.6 is 15.9 Å². The molecule has 0 amide bonds. The van der Waals surface area contributed by atoms with E-state index in [1.807, 2.05) is 0 Å². The van der Waals surface area contributed by atoms with Crippen molar-refractivity contribution in [3.63, 3.8) is 0 Å². The van der Waals surface area contributed by atoms with E-state index in [0.29, 0.717) is 4.48 Å². The third-order valence-corrected chi connectivity index (χ3v) is 1.65. The zero-order valence-electron chi connectivity index (χ0n) is 5.77. The molecule has 0 fully saturated rings. The summed E-state index contributed by atoms with van der Waals surface area (Å²) in [5.41, 5.74) is 0. The van der Waals surface area contributed by atoms with E-state index in [2.05, 4.69) is 20.9 Å². The lowest BCUT2D eigenvalue weighted by atomic mass is 10.5. The Balaban J connectivity index is 2.81. The highest BCUT2D eigenvalue weighted by Crippen LogP contribution is 2.13. The molecule has 0 N–H and O–H groups in total. The van der Waals surface area contributed by atoms with Crippen molar-refractivity contribution < 1.29 is 5.03 Å². The van der Waals surface area contributed by atoms with Gasteiger partial charge in [0.15, 0.2) is 11.2 Å². The Morgan fingerprint density at radius 3 is 3.00 bits per heavy atom. The monoisotopic (exact) mass is 219 g/mol. The van der Waals surface area contributed by atoms with Gasteiger partial charge in [0.1, 0.15) is 0 Å². The summed E-state index contributed by atoms with van der Waals surface area (Å²) in [5.74, 6) is 0. The average molecular weight is 220 g/mol. The third kappa shape index (κ3) is 1.76. The maximum atomic E-state index is 10.3. The standard InChI is InChI=1S/C5H6BrN3O2/c1-4-7-2-5(6)3-8(4)9(10)11/h2-4H,1H3/t4-/m1/s1. The van der Waals surface area contributed by atoms with Gasteiger partial charge < -0.3 is 0 Å². The SMILES string of the molecule is C[C@@H]1N=CC(Br)=CN1[N+](=O)[O-]. The fraction of sp³-hybridized carbons (Fsp3) is 0.400. The van der Waals surface area contributed by atoms with Crippen LogP contribution in [-0.2, 0) is 0 Å². The number of nitro groups is 1. The first-order valence-electron chi connectivity index (χ1n) is 2.94. The lowest BCUT2D eigenvalue weighted by molar-refractivity contribution is -0.647. The summed E-state index contributed by atoms with van der Waals surface area (Å²) in [4.78, 5) is 14.2.